The van der Waals surface area contributed by atoms with Crippen LogP contribution in [0.15, 0.2) is 18.2 Å². The molecule has 0 radical (unpaired) electrons. The molecule has 0 amide bonds. The predicted octanol–water partition coefficient (Wildman–Crippen LogP) is 4.21. The standard InChI is InChI=1S/C14H19Cl2NO/c1-9(13-7-10(15)3-6-14(13)16)17-11-4-5-12(8-11)18-2/h3,6-7,9,11-12,17H,4-5,8H2,1-2H3. The SMILES string of the molecule is COC1CCC(NC(C)c2cc(Cl)ccc2Cl)C1. The van der Waals surface area contributed by atoms with E-state index in [0.29, 0.717) is 12.1 Å². The predicted molar refractivity (Wildman–Crippen MR) is 76.4 cm³/mol. The smallest absolute Gasteiger partial charge is 0.0586 e. The highest BCUT2D eigenvalue weighted by atomic mass is 35.5. The van der Waals surface area contributed by atoms with Crippen LogP contribution in [0.4, 0.5) is 0 Å². The van der Waals surface area contributed by atoms with Gasteiger partial charge in [-0.15, -0.1) is 0 Å². The lowest BCUT2D eigenvalue weighted by molar-refractivity contribution is 0.106. The number of methoxy groups -OCH3 is 1. The van der Waals surface area contributed by atoms with Crippen LogP contribution in [0, 0.1) is 0 Å². The Labute approximate surface area is 119 Å². The molecule has 2 rings (SSSR count). The van der Waals surface area contributed by atoms with E-state index in [9.17, 15) is 0 Å². The lowest BCUT2D eigenvalue weighted by Gasteiger charge is -2.21. The summed E-state index contributed by atoms with van der Waals surface area (Å²) in [5.41, 5.74) is 1.06. The van der Waals surface area contributed by atoms with Gasteiger partial charge in [-0.25, -0.2) is 0 Å². The minimum absolute atomic E-state index is 0.205. The zero-order valence-electron chi connectivity index (χ0n) is 10.7. The van der Waals surface area contributed by atoms with E-state index in [4.69, 9.17) is 27.9 Å². The van der Waals surface area contributed by atoms with E-state index >= 15 is 0 Å². The second-order valence-electron chi connectivity index (χ2n) is 4.92. The molecule has 3 unspecified atom stereocenters. The van der Waals surface area contributed by atoms with Crippen LogP contribution < -0.4 is 5.32 Å². The van der Waals surface area contributed by atoms with Gasteiger partial charge in [0.1, 0.15) is 0 Å². The van der Waals surface area contributed by atoms with Gasteiger partial charge in [-0.1, -0.05) is 23.2 Å². The summed E-state index contributed by atoms with van der Waals surface area (Å²) in [6.45, 7) is 2.12. The Morgan fingerprint density at radius 2 is 2.11 bits per heavy atom. The third kappa shape index (κ3) is 3.39. The second kappa shape index (κ2) is 6.25. The quantitative estimate of drug-likeness (QED) is 0.896. The minimum atomic E-state index is 0.205. The number of hydrogen-bond donors (Lipinski definition) is 1. The van der Waals surface area contributed by atoms with Crippen molar-refractivity contribution in [1.82, 2.24) is 5.32 Å². The van der Waals surface area contributed by atoms with Gasteiger partial charge in [0.15, 0.2) is 0 Å². The van der Waals surface area contributed by atoms with Gasteiger partial charge in [0.2, 0.25) is 0 Å². The summed E-state index contributed by atoms with van der Waals surface area (Å²) in [6, 6.07) is 6.31. The molecule has 1 aliphatic carbocycles. The van der Waals surface area contributed by atoms with Crippen molar-refractivity contribution in [2.45, 2.75) is 44.4 Å². The molecule has 1 aromatic rings. The van der Waals surface area contributed by atoms with Crippen molar-refractivity contribution in [1.29, 1.82) is 0 Å². The maximum absolute atomic E-state index is 6.21. The molecule has 0 heterocycles. The number of halogens is 2. The molecule has 1 fully saturated rings. The Hall–Kier alpha value is -0.280. The van der Waals surface area contributed by atoms with E-state index < -0.39 is 0 Å². The molecule has 0 spiro atoms. The topological polar surface area (TPSA) is 21.3 Å². The van der Waals surface area contributed by atoms with Crippen LogP contribution in [0.2, 0.25) is 10.0 Å². The van der Waals surface area contributed by atoms with Gasteiger partial charge in [0.25, 0.3) is 0 Å². The number of rotatable bonds is 4. The fourth-order valence-electron chi connectivity index (χ4n) is 2.60. The van der Waals surface area contributed by atoms with E-state index in [0.717, 1.165) is 34.9 Å². The highest BCUT2D eigenvalue weighted by Gasteiger charge is 2.26. The monoisotopic (exact) mass is 287 g/mol. The molecule has 18 heavy (non-hydrogen) atoms. The third-order valence-corrected chi connectivity index (χ3v) is 4.21. The molecule has 1 N–H and O–H groups in total. The average Bonchev–Trinajstić information content (AvgIpc) is 2.80. The van der Waals surface area contributed by atoms with Gasteiger partial charge in [0, 0.05) is 29.2 Å². The van der Waals surface area contributed by atoms with Gasteiger partial charge in [-0.05, 0) is 49.9 Å². The lowest BCUT2D eigenvalue weighted by atomic mass is 10.1. The first-order valence-corrected chi connectivity index (χ1v) is 7.09. The van der Waals surface area contributed by atoms with E-state index in [1.54, 1.807) is 7.11 Å². The summed E-state index contributed by atoms with van der Waals surface area (Å²) >= 11 is 12.2. The third-order valence-electron chi connectivity index (χ3n) is 3.63. The van der Waals surface area contributed by atoms with Crippen LogP contribution in [0.25, 0.3) is 0 Å². The Morgan fingerprint density at radius 3 is 2.78 bits per heavy atom. The van der Waals surface area contributed by atoms with Crippen LogP contribution in [0.5, 0.6) is 0 Å². The van der Waals surface area contributed by atoms with Crippen LogP contribution in [-0.4, -0.2) is 19.3 Å². The number of benzene rings is 1. The molecule has 0 bridgehead atoms. The van der Waals surface area contributed by atoms with Crippen LogP contribution in [-0.2, 0) is 4.74 Å². The van der Waals surface area contributed by atoms with Crippen molar-refractivity contribution >= 4 is 23.2 Å². The van der Waals surface area contributed by atoms with Crippen molar-refractivity contribution in [3.8, 4) is 0 Å². The lowest BCUT2D eigenvalue weighted by Crippen LogP contribution is -2.30. The molecule has 1 aliphatic rings. The van der Waals surface area contributed by atoms with Crippen molar-refractivity contribution in [3.05, 3.63) is 33.8 Å². The zero-order valence-corrected chi connectivity index (χ0v) is 12.3. The van der Waals surface area contributed by atoms with E-state index in [1.165, 1.54) is 0 Å². The molecule has 100 valence electrons. The fourth-order valence-corrected chi connectivity index (χ4v) is 3.06. The molecular weight excluding hydrogens is 269 g/mol. The van der Waals surface area contributed by atoms with Crippen LogP contribution in [0.3, 0.4) is 0 Å². The first-order valence-electron chi connectivity index (χ1n) is 6.34. The van der Waals surface area contributed by atoms with Crippen molar-refractivity contribution in [2.75, 3.05) is 7.11 Å². The number of ether oxygens (including phenoxy) is 1. The summed E-state index contributed by atoms with van der Waals surface area (Å²) in [7, 11) is 1.78. The largest absolute Gasteiger partial charge is 0.381 e. The average molecular weight is 288 g/mol. The first-order chi connectivity index (χ1) is 8.60. The molecular formula is C14H19Cl2NO. The normalized spacial score (nSPS) is 25.3. The second-order valence-corrected chi connectivity index (χ2v) is 5.77. The van der Waals surface area contributed by atoms with Gasteiger partial charge in [-0.2, -0.15) is 0 Å². The maximum atomic E-state index is 6.21. The van der Waals surface area contributed by atoms with Crippen LogP contribution in [0.1, 0.15) is 37.8 Å². The summed E-state index contributed by atoms with van der Waals surface area (Å²) in [4.78, 5) is 0. The molecule has 4 heteroatoms. The first kappa shape index (κ1) is 14.1. The molecule has 2 nitrogen and oxygen atoms in total. The Kier molecular flexibility index (Phi) is 4.91. The zero-order chi connectivity index (χ0) is 13.1. The molecule has 0 aromatic heterocycles. The summed E-state index contributed by atoms with van der Waals surface area (Å²) < 4.78 is 5.38. The molecule has 1 saturated carbocycles. The minimum Gasteiger partial charge on any atom is -0.381 e. The Bertz CT molecular complexity index is 411. The van der Waals surface area contributed by atoms with E-state index in [2.05, 4.69) is 12.2 Å². The van der Waals surface area contributed by atoms with Crippen LogP contribution >= 0.6 is 23.2 Å². The molecule has 1 aromatic carbocycles. The summed E-state index contributed by atoms with van der Waals surface area (Å²) in [5, 5.41) is 5.10. The summed E-state index contributed by atoms with van der Waals surface area (Å²) in [5.74, 6) is 0. The van der Waals surface area contributed by atoms with Crippen molar-refractivity contribution in [3.63, 3.8) is 0 Å². The molecule has 0 saturated heterocycles. The Morgan fingerprint density at radius 1 is 1.33 bits per heavy atom. The van der Waals surface area contributed by atoms with Gasteiger partial charge in [0.05, 0.1) is 6.10 Å². The van der Waals surface area contributed by atoms with E-state index in [-0.39, 0.29) is 6.04 Å². The highest BCUT2D eigenvalue weighted by Crippen LogP contribution is 2.29. The number of nitrogens with one attached hydrogen (secondary N) is 1. The maximum Gasteiger partial charge on any atom is 0.0586 e. The summed E-state index contributed by atoms with van der Waals surface area (Å²) in [6.07, 6.45) is 3.74. The highest BCUT2D eigenvalue weighted by molar-refractivity contribution is 6.33. The molecule has 0 aliphatic heterocycles. The van der Waals surface area contributed by atoms with Gasteiger partial charge >= 0.3 is 0 Å². The number of hydrogen-bond acceptors (Lipinski definition) is 2. The Balaban J connectivity index is 1.99. The van der Waals surface area contributed by atoms with Gasteiger partial charge in [-0.3, -0.25) is 0 Å². The van der Waals surface area contributed by atoms with Gasteiger partial charge < -0.3 is 10.1 Å². The van der Waals surface area contributed by atoms with E-state index in [1.807, 2.05) is 18.2 Å². The molecule has 3 atom stereocenters. The van der Waals surface area contributed by atoms with Crippen molar-refractivity contribution < 1.29 is 4.74 Å². The fraction of sp³-hybridized carbons (Fsp3) is 0.571. The van der Waals surface area contributed by atoms with Crippen molar-refractivity contribution in [2.24, 2.45) is 0 Å².